The maximum Gasteiger partial charge on any atom is 0.414 e. The highest BCUT2D eigenvalue weighted by atomic mass is 16.6. The van der Waals surface area contributed by atoms with Crippen LogP contribution < -0.4 is 10.2 Å². The van der Waals surface area contributed by atoms with Crippen LogP contribution in [0.25, 0.3) is 0 Å². The first kappa shape index (κ1) is 16.8. The third-order valence-corrected chi connectivity index (χ3v) is 3.85. The van der Waals surface area contributed by atoms with Crippen molar-refractivity contribution in [1.29, 1.82) is 0 Å². The Kier molecular flexibility index (Phi) is 4.52. The molecule has 1 aromatic carbocycles. The lowest BCUT2D eigenvalue weighted by atomic mass is 9.86. The molecule has 0 radical (unpaired) electrons. The van der Waals surface area contributed by atoms with E-state index in [0.29, 0.717) is 6.54 Å². The zero-order valence-corrected chi connectivity index (χ0v) is 14.6. The van der Waals surface area contributed by atoms with Crippen molar-refractivity contribution in [3.63, 3.8) is 0 Å². The number of nitrogens with zero attached hydrogens (tertiary/aromatic N) is 1. The van der Waals surface area contributed by atoms with Crippen LogP contribution in [0.15, 0.2) is 24.3 Å². The summed E-state index contributed by atoms with van der Waals surface area (Å²) in [5, 5.41) is 3.58. The van der Waals surface area contributed by atoms with E-state index in [-0.39, 0.29) is 17.6 Å². The lowest BCUT2D eigenvalue weighted by Crippen LogP contribution is -2.49. The molecule has 1 amide bonds. The summed E-state index contributed by atoms with van der Waals surface area (Å²) in [6.45, 7) is 13.6. The van der Waals surface area contributed by atoms with Crippen LogP contribution in [0.1, 0.15) is 47.1 Å². The summed E-state index contributed by atoms with van der Waals surface area (Å²) in [4.78, 5) is 14.5. The number of hydrogen-bond acceptors (Lipinski definition) is 3. The SMILES string of the molecule is CC(C)(C)OC(=O)N1CC(C(C)(C)C)NCc2ccccc21. The lowest BCUT2D eigenvalue weighted by molar-refractivity contribution is 0.0572. The van der Waals surface area contributed by atoms with E-state index >= 15 is 0 Å². The van der Waals surface area contributed by atoms with Gasteiger partial charge < -0.3 is 10.1 Å². The molecule has 0 saturated heterocycles. The molecule has 22 heavy (non-hydrogen) atoms. The minimum atomic E-state index is -0.497. The predicted molar refractivity (Wildman–Crippen MR) is 90.1 cm³/mol. The minimum Gasteiger partial charge on any atom is -0.443 e. The Hall–Kier alpha value is -1.55. The van der Waals surface area contributed by atoms with Gasteiger partial charge in [-0.2, -0.15) is 0 Å². The highest BCUT2D eigenvalue weighted by Crippen LogP contribution is 2.30. The van der Waals surface area contributed by atoms with E-state index in [4.69, 9.17) is 4.74 Å². The molecule has 1 unspecified atom stereocenters. The fraction of sp³-hybridized carbons (Fsp3) is 0.611. The second-order valence-corrected chi connectivity index (χ2v) is 8.02. The first-order valence-electron chi connectivity index (χ1n) is 7.90. The van der Waals surface area contributed by atoms with Crippen molar-refractivity contribution in [3.8, 4) is 0 Å². The number of carbonyl (C=O) groups is 1. The van der Waals surface area contributed by atoms with Crippen LogP contribution in [-0.2, 0) is 11.3 Å². The van der Waals surface area contributed by atoms with Gasteiger partial charge in [-0.15, -0.1) is 0 Å². The van der Waals surface area contributed by atoms with Crippen molar-refractivity contribution in [2.24, 2.45) is 5.41 Å². The number of fused-ring (bicyclic) bond motifs is 1. The molecule has 0 aromatic heterocycles. The number of benzene rings is 1. The van der Waals surface area contributed by atoms with E-state index in [0.717, 1.165) is 17.8 Å². The summed E-state index contributed by atoms with van der Waals surface area (Å²) >= 11 is 0. The lowest BCUT2D eigenvalue weighted by Gasteiger charge is -2.34. The van der Waals surface area contributed by atoms with Gasteiger partial charge in [0.05, 0.1) is 5.69 Å². The van der Waals surface area contributed by atoms with E-state index in [1.165, 1.54) is 0 Å². The fourth-order valence-corrected chi connectivity index (χ4v) is 2.57. The monoisotopic (exact) mass is 304 g/mol. The maximum absolute atomic E-state index is 12.7. The Morgan fingerprint density at radius 1 is 1.18 bits per heavy atom. The summed E-state index contributed by atoms with van der Waals surface area (Å²) < 4.78 is 5.61. The number of ether oxygens (including phenoxy) is 1. The number of anilines is 1. The van der Waals surface area contributed by atoms with Crippen LogP contribution in [0.3, 0.4) is 0 Å². The standard InChI is InChI=1S/C18H28N2O2/c1-17(2,3)15-12-20(16(21)22-18(4,5)6)14-10-8-7-9-13(14)11-19-15/h7-10,15,19H,11-12H2,1-6H3. The van der Waals surface area contributed by atoms with E-state index in [1.54, 1.807) is 4.90 Å². The molecule has 4 nitrogen and oxygen atoms in total. The molecule has 2 rings (SSSR count). The molecule has 1 aromatic rings. The number of amides is 1. The summed E-state index contributed by atoms with van der Waals surface area (Å²) in [7, 11) is 0. The largest absolute Gasteiger partial charge is 0.443 e. The zero-order chi connectivity index (χ0) is 16.5. The normalized spacial score (nSPS) is 19.4. The number of hydrogen-bond donors (Lipinski definition) is 1. The second kappa shape index (κ2) is 5.92. The summed E-state index contributed by atoms with van der Waals surface area (Å²) in [6, 6.07) is 8.22. The summed E-state index contributed by atoms with van der Waals surface area (Å²) in [5.74, 6) is 0. The third kappa shape index (κ3) is 4.01. The Labute approximate surface area is 133 Å². The molecule has 1 N–H and O–H groups in total. The molecule has 1 atom stereocenters. The molecule has 4 heteroatoms. The Morgan fingerprint density at radius 2 is 1.82 bits per heavy atom. The van der Waals surface area contributed by atoms with Crippen LogP contribution in [-0.4, -0.2) is 24.3 Å². The number of rotatable bonds is 0. The average molecular weight is 304 g/mol. The number of nitrogens with one attached hydrogen (secondary N) is 1. The van der Waals surface area contributed by atoms with Gasteiger partial charge in [-0.1, -0.05) is 39.0 Å². The van der Waals surface area contributed by atoms with Crippen molar-refractivity contribution < 1.29 is 9.53 Å². The molecule has 0 aliphatic carbocycles. The Morgan fingerprint density at radius 3 is 2.41 bits per heavy atom. The highest BCUT2D eigenvalue weighted by molar-refractivity contribution is 5.89. The van der Waals surface area contributed by atoms with Crippen LogP contribution >= 0.6 is 0 Å². The first-order chi connectivity index (χ1) is 10.1. The minimum absolute atomic E-state index is 0.0578. The van der Waals surface area contributed by atoms with Crippen molar-refractivity contribution in [3.05, 3.63) is 29.8 Å². The van der Waals surface area contributed by atoms with Crippen molar-refractivity contribution in [1.82, 2.24) is 5.32 Å². The molecule has 0 bridgehead atoms. The van der Waals surface area contributed by atoms with Crippen LogP contribution in [0, 0.1) is 5.41 Å². The van der Waals surface area contributed by atoms with Gasteiger partial charge in [0.25, 0.3) is 0 Å². The van der Waals surface area contributed by atoms with Crippen LogP contribution in [0.2, 0.25) is 0 Å². The molecule has 122 valence electrons. The molecule has 0 fully saturated rings. The van der Waals surface area contributed by atoms with Gasteiger partial charge in [0.15, 0.2) is 0 Å². The molecular weight excluding hydrogens is 276 g/mol. The highest BCUT2D eigenvalue weighted by Gasteiger charge is 2.34. The average Bonchev–Trinajstić information content (AvgIpc) is 2.55. The van der Waals surface area contributed by atoms with Crippen molar-refractivity contribution >= 4 is 11.8 Å². The Balaban J connectivity index is 2.35. The first-order valence-corrected chi connectivity index (χ1v) is 7.90. The topological polar surface area (TPSA) is 41.6 Å². The fourth-order valence-electron chi connectivity index (χ4n) is 2.57. The zero-order valence-electron chi connectivity index (χ0n) is 14.6. The van der Waals surface area contributed by atoms with E-state index in [1.807, 2.05) is 39.0 Å². The molecule has 0 saturated carbocycles. The Bertz CT molecular complexity index is 541. The molecular formula is C18H28N2O2. The van der Waals surface area contributed by atoms with Crippen LogP contribution in [0.5, 0.6) is 0 Å². The maximum atomic E-state index is 12.7. The number of para-hydroxylation sites is 1. The van der Waals surface area contributed by atoms with E-state index in [9.17, 15) is 4.79 Å². The van der Waals surface area contributed by atoms with Gasteiger partial charge in [-0.3, -0.25) is 4.90 Å². The van der Waals surface area contributed by atoms with Gasteiger partial charge in [0, 0.05) is 19.1 Å². The molecule has 1 aliphatic rings. The van der Waals surface area contributed by atoms with Crippen molar-refractivity contribution in [2.75, 3.05) is 11.4 Å². The van der Waals surface area contributed by atoms with Crippen LogP contribution in [0.4, 0.5) is 10.5 Å². The van der Waals surface area contributed by atoms with Gasteiger partial charge >= 0.3 is 6.09 Å². The van der Waals surface area contributed by atoms with Gasteiger partial charge in [0.2, 0.25) is 0 Å². The quantitative estimate of drug-likeness (QED) is 0.789. The molecule has 1 aliphatic heterocycles. The van der Waals surface area contributed by atoms with E-state index in [2.05, 4.69) is 32.2 Å². The van der Waals surface area contributed by atoms with E-state index < -0.39 is 5.60 Å². The molecule has 0 spiro atoms. The molecule has 1 heterocycles. The third-order valence-electron chi connectivity index (χ3n) is 3.85. The smallest absolute Gasteiger partial charge is 0.414 e. The van der Waals surface area contributed by atoms with Gasteiger partial charge in [0.1, 0.15) is 5.60 Å². The second-order valence-electron chi connectivity index (χ2n) is 8.02. The van der Waals surface area contributed by atoms with Crippen molar-refractivity contribution in [2.45, 2.75) is 59.7 Å². The van der Waals surface area contributed by atoms with Gasteiger partial charge in [-0.25, -0.2) is 4.79 Å². The number of carbonyl (C=O) groups excluding carboxylic acids is 1. The predicted octanol–water partition coefficient (Wildman–Crippen LogP) is 3.95. The summed E-state index contributed by atoms with van der Waals surface area (Å²) in [5.41, 5.74) is 1.63. The summed E-state index contributed by atoms with van der Waals surface area (Å²) in [6.07, 6.45) is -0.280. The van der Waals surface area contributed by atoms with Gasteiger partial charge in [-0.05, 0) is 37.8 Å².